The molecule has 2 bridgehead atoms. The number of ether oxygens (including phenoxy) is 1. The van der Waals surface area contributed by atoms with Gasteiger partial charge in [-0.25, -0.2) is 0 Å². The van der Waals surface area contributed by atoms with Crippen molar-refractivity contribution in [2.45, 2.75) is 50.7 Å². The van der Waals surface area contributed by atoms with Crippen molar-refractivity contribution >= 4 is 0 Å². The summed E-state index contributed by atoms with van der Waals surface area (Å²) in [4.78, 5) is 0. The zero-order chi connectivity index (χ0) is 12.3. The van der Waals surface area contributed by atoms with Crippen molar-refractivity contribution in [2.24, 2.45) is 17.6 Å². The Kier molecular flexibility index (Phi) is 2.12. The summed E-state index contributed by atoms with van der Waals surface area (Å²) >= 11 is 0. The quantitative estimate of drug-likeness (QED) is 0.758. The fourth-order valence-corrected chi connectivity index (χ4v) is 4.56. The van der Waals surface area contributed by atoms with E-state index < -0.39 is 0 Å². The van der Waals surface area contributed by atoms with Crippen molar-refractivity contribution in [3.8, 4) is 5.75 Å². The van der Waals surface area contributed by atoms with Crippen LogP contribution in [-0.4, -0.2) is 5.60 Å². The number of rotatable bonds is 0. The van der Waals surface area contributed by atoms with Gasteiger partial charge in [0.05, 0.1) is 0 Å². The molecular weight excluding hydrogens is 222 g/mol. The molecule has 3 aliphatic rings. The van der Waals surface area contributed by atoms with Crippen LogP contribution in [0.15, 0.2) is 18.2 Å². The first-order valence-corrected chi connectivity index (χ1v) is 7.21. The van der Waals surface area contributed by atoms with Gasteiger partial charge in [-0.2, -0.15) is 0 Å². The van der Waals surface area contributed by atoms with Crippen molar-refractivity contribution in [1.82, 2.24) is 0 Å². The topological polar surface area (TPSA) is 35.2 Å². The van der Waals surface area contributed by atoms with Gasteiger partial charge in [-0.1, -0.05) is 17.7 Å². The Morgan fingerprint density at radius 1 is 1.28 bits per heavy atom. The maximum Gasteiger partial charge on any atom is 0.124 e. The third-order valence-corrected chi connectivity index (χ3v) is 5.36. The molecule has 2 saturated carbocycles. The maximum absolute atomic E-state index is 6.46. The van der Waals surface area contributed by atoms with Crippen LogP contribution >= 0.6 is 0 Å². The minimum atomic E-state index is 0.0740. The molecule has 4 atom stereocenters. The average Bonchev–Trinajstić information content (AvgIpc) is 2.91. The standard InChI is InChI=1S/C16H21NO/c1-10-2-5-15-13(6-10)14(17)9-16(18-15)8-11-3-4-12(16)7-11/h2,5-6,11-12,14H,3-4,7-9,17H2,1H3/t11?,12?,14-,16?/m0/s1. The summed E-state index contributed by atoms with van der Waals surface area (Å²) in [6.07, 6.45) is 6.38. The molecule has 0 amide bonds. The Balaban J connectivity index is 1.74. The van der Waals surface area contributed by atoms with Gasteiger partial charge in [0.2, 0.25) is 0 Å². The predicted molar refractivity (Wildman–Crippen MR) is 71.5 cm³/mol. The molecule has 18 heavy (non-hydrogen) atoms. The van der Waals surface area contributed by atoms with E-state index in [0.29, 0.717) is 0 Å². The zero-order valence-corrected chi connectivity index (χ0v) is 11.0. The minimum Gasteiger partial charge on any atom is -0.487 e. The van der Waals surface area contributed by atoms with E-state index >= 15 is 0 Å². The summed E-state index contributed by atoms with van der Waals surface area (Å²) in [6.45, 7) is 2.12. The van der Waals surface area contributed by atoms with Crippen molar-refractivity contribution in [3.63, 3.8) is 0 Å². The summed E-state index contributed by atoms with van der Waals surface area (Å²) in [5.74, 6) is 2.70. The van der Waals surface area contributed by atoms with E-state index in [2.05, 4.69) is 25.1 Å². The van der Waals surface area contributed by atoms with Crippen LogP contribution in [0.4, 0.5) is 0 Å². The van der Waals surface area contributed by atoms with E-state index in [1.54, 1.807) is 0 Å². The lowest BCUT2D eigenvalue weighted by atomic mass is 9.76. The summed E-state index contributed by atoms with van der Waals surface area (Å²) < 4.78 is 6.46. The van der Waals surface area contributed by atoms with Crippen LogP contribution in [0.5, 0.6) is 5.75 Å². The van der Waals surface area contributed by atoms with Crippen molar-refractivity contribution < 1.29 is 4.74 Å². The second kappa shape index (κ2) is 3.51. The molecule has 3 unspecified atom stereocenters. The van der Waals surface area contributed by atoms with Crippen molar-refractivity contribution in [1.29, 1.82) is 0 Å². The Bertz CT molecular complexity index is 498. The molecule has 1 spiro atoms. The second-order valence-electron chi connectivity index (χ2n) is 6.60. The molecule has 0 saturated heterocycles. The molecule has 1 aliphatic heterocycles. The van der Waals surface area contributed by atoms with E-state index in [-0.39, 0.29) is 11.6 Å². The molecule has 2 heteroatoms. The molecule has 2 N–H and O–H groups in total. The van der Waals surface area contributed by atoms with Gasteiger partial charge in [-0.05, 0) is 50.5 Å². The smallest absolute Gasteiger partial charge is 0.124 e. The highest BCUT2D eigenvalue weighted by molar-refractivity contribution is 5.42. The molecular formula is C16H21NO. The van der Waals surface area contributed by atoms with Crippen LogP contribution in [0.3, 0.4) is 0 Å². The monoisotopic (exact) mass is 243 g/mol. The highest BCUT2D eigenvalue weighted by atomic mass is 16.5. The predicted octanol–water partition coefficient (Wildman–Crippen LogP) is 3.34. The summed E-state index contributed by atoms with van der Waals surface area (Å²) in [5, 5.41) is 0. The highest BCUT2D eigenvalue weighted by Gasteiger charge is 2.55. The van der Waals surface area contributed by atoms with Gasteiger partial charge < -0.3 is 10.5 Å². The molecule has 0 aromatic heterocycles. The summed E-state index contributed by atoms with van der Waals surface area (Å²) in [7, 11) is 0. The van der Waals surface area contributed by atoms with Gasteiger partial charge in [0, 0.05) is 18.0 Å². The minimum absolute atomic E-state index is 0.0740. The van der Waals surface area contributed by atoms with Gasteiger partial charge >= 0.3 is 0 Å². The second-order valence-corrected chi connectivity index (χ2v) is 6.60. The number of hydrogen-bond acceptors (Lipinski definition) is 2. The van der Waals surface area contributed by atoms with Crippen molar-refractivity contribution in [3.05, 3.63) is 29.3 Å². The lowest BCUT2D eigenvalue weighted by molar-refractivity contribution is -0.0141. The Labute approximate surface area is 109 Å². The fraction of sp³-hybridized carbons (Fsp3) is 0.625. The molecule has 1 aromatic rings. The molecule has 1 aromatic carbocycles. The Hall–Kier alpha value is -1.02. The van der Waals surface area contributed by atoms with E-state index in [1.165, 1.54) is 36.8 Å². The molecule has 1 heterocycles. The molecule has 0 radical (unpaired) electrons. The van der Waals surface area contributed by atoms with Crippen LogP contribution in [0.2, 0.25) is 0 Å². The van der Waals surface area contributed by atoms with Crippen LogP contribution in [0.1, 0.15) is 49.3 Å². The van der Waals surface area contributed by atoms with Gasteiger partial charge in [-0.15, -0.1) is 0 Å². The third-order valence-electron chi connectivity index (χ3n) is 5.36. The number of fused-ring (bicyclic) bond motifs is 4. The third kappa shape index (κ3) is 1.38. The maximum atomic E-state index is 6.46. The molecule has 2 nitrogen and oxygen atoms in total. The average molecular weight is 243 g/mol. The van der Waals surface area contributed by atoms with Crippen LogP contribution in [0.25, 0.3) is 0 Å². The Morgan fingerprint density at radius 3 is 2.89 bits per heavy atom. The highest BCUT2D eigenvalue weighted by Crippen LogP contribution is 2.57. The normalized spacial score (nSPS) is 40.9. The van der Waals surface area contributed by atoms with Gasteiger partial charge in [0.1, 0.15) is 11.4 Å². The molecule has 2 fully saturated rings. The van der Waals surface area contributed by atoms with E-state index in [4.69, 9.17) is 10.5 Å². The lowest BCUT2D eigenvalue weighted by Gasteiger charge is -2.44. The van der Waals surface area contributed by atoms with Crippen LogP contribution in [-0.2, 0) is 0 Å². The van der Waals surface area contributed by atoms with Gasteiger partial charge in [0.15, 0.2) is 0 Å². The summed E-state index contributed by atoms with van der Waals surface area (Å²) in [6, 6.07) is 6.61. The number of benzene rings is 1. The molecule has 96 valence electrons. The fourth-order valence-electron chi connectivity index (χ4n) is 4.56. The first-order valence-electron chi connectivity index (χ1n) is 7.21. The van der Waals surface area contributed by atoms with E-state index in [1.807, 2.05) is 0 Å². The lowest BCUT2D eigenvalue weighted by Crippen LogP contribution is -2.47. The number of nitrogens with two attached hydrogens (primary N) is 1. The Morgan fingerprint density at radius 2 is 2.17 bits per heavy atom. The van der Waals surface area contributed by atoms with E-state index in [0.717, 1.165) is 24.0 Å². The van der Waals surface area contributed by atoms with Crippen LogP contribution in [0, 0.1) is 18.8 Å². The number of hydrogen-bond donors (Lipinski definition) is 1. The summed E-state index contributed by atoms with van der Waals surface area (Å²) in [5.41, 5.74) is 8.98. The zero-order valence-electron chi connectivity index (χ0n) is 11.0. The van der Waals surface area contributed by atoms with Crippen LogP contribution < -0.4 is 10.5 Å². The molecule has 4 rings (SSSR count). The van der Waals surface area contributed by atoms with Gasteiger partial charge in [-0.3, -0.25) is 0 Å². The van der Waals surface area contributed by atoms with E-state index in [9.17, 15) is 0 Å². The SMILES string of the molecule is Cc1ccc2c(c1)[C@@H](N)CC1(CC3CCC1C3)O2. The first kappa shape index (κ1) is 10.9. The largest absolute Gasteiger partial charge is 0.487 e. The number of aryl methyl sites for hydroxylation is 1. The van der Waals surface area contributed by atoms with Crippen molar-refractivity contribution in [2.75, 3.05) is 0 Å². The first-order chi connectivity index (χ1) is 8.66. The van der Waals surface area contributed by atoms with Gasteiger partial charge in [0.25, 0.3) is 0 Å². The molecule has 2 aliphatic carbocycles.